The highest BCUT2D eigenvalue weighted by Crippen LogP contribution is 2.28. The molecule has 1 aliphatic rings. The Balaban J connectivity index is 2.19. The van der Waals surface area contributed by atoms with Crippen molar-refractivity contribution in [1.82, 2.24) is 0 Å². The molecule has 1 aromatic carbocycles. The van der Waals surface area contributed by atoms with Crippen LogP contribution in [0.5, 0.6) is 0 Å². The van der Waals surface area contributed by atoms with E-state index >= 15 is 0 Å². The summed E-state index contributed by atoms with van der Waals surface area (Å²) in [5, 5.41) is 4.37. The van der Waals surface area contributed by atoms with Gasteiger partial charge in [-0.3, -0.25) is 4.99 Å². The Labute approximate surface area is 114 Å². The Kier molecular flexibility index (Phi) is 4.93. The van der Waals surface area contributed by atoms with Gasteiger partial charge in [-0.1, -0.05) is 23.9 Å². The lowest BCUT2D eigenvalue weighted by molar-refractivity contribution is 0.578. The maximum absolute atomic E-state index is 4.24. The Morgan fingerprint density at radius 3 is 2.61 bits per heavy atom. The molecule has 0 radical (unpaired) electrons. The second-order valence-corrected chi connectivity index (χ2v) is 5.22. The molecule has 0 aromatic heterocycles. The normalized spacial score (nSPS) is 16.8. The Morgan fingerprint density at radius 2 is 1.94 bits per heavy atom. The summed E-state index contributed by atoms with van der Waals surface area (Å²) in [7, 11) is 1.82. The lowest BCUT2D eigenvalue weighted by Gasteiger charge is -2.30. The Bertz CT molecular complexity index is 411. The van der Waals surface area contributed by atoms with Crippen molar-refractivity contribution in [1.29, 1.82) is 0 Å². The molecule has 1 N–H and O–H groups in total. The van der Waals surface area contributed by atoms with Gasteiger partial charge in [-0.15, -0.1) is 0 Å². The molecule has 0 aliphatic carbocycles. The predicted molar refractivity (Wildman–Crippen MR) is 83.0 cm³/mol. The van der Waals surface area contributed by atoms with Crippen LogP contribution in [-0.4, -0.2) is 31.6 Å². The van der Waals surface area contributed by atoms with Crippen molar-refractivity contribution in [2.75, 3.05) is 36.6 Å². The van der Waals surface area contributed by atoms with Crippen molar-refractivity contribution >= 4 is 28.3 Å². The third-order valence-electron chi connectivity index (χ3n) is 3.24. The number of nitrogens with zero attached hydrogens (tertiary/aromatic N) is 2. The topological polar surface area (TPSA) is 27.6 Å². The molecule has 0 bridgehead atoms. The predicted octanol–water partition coefficient (Wildman–Crippen LogP) is 3.44. The summed E-state index contributed by atoms with van der Waals surface area (Å²) in [4.78, 5) is 6.71. The Hall–Kier alpha value is -1.16. The number of para-hydroxylation sites is 2. The summed E-state index contributed by atoms with van der Waals surface area (Å²) in [6.07, 6.45) is 5.99. The van der Waals surface area contributed by atoms with Crippen LogP contribution in [0, 0.1) is 0 Å². The van der Waals surface area contributed by atoms with Gasteiger partial charge < -0.3 is 10.2 Å². The second kappa shape index (κ2) is 6.69. The first kappa shape index (κ1) is 13.3. The number of amidine groups is 1. The number of piperidine rings is 1. The zero-order chi connectivity index (χ0) is 12.8. The van der Waals surface area contributed by atoms with Gasteiger partial charge in [0.1, 0.15) is 0 Å². The van der Waals surface area contributed by atoms with Crippen LogP contribution in [0.15, 0.2) is 29.3 Å². The van der Waals surface area contributed by atoms with E-state index in [-0.39, 0.29) is 0 Å². The van der Waals surface area contributed by atoms with Gasteiger partial charge in [-0.05, 0) is 37.7 Å². The van der Waals surface area contributed by atoms with Crippen LogP contribution < -0.4 is 10.2 Å². The van der Waals surface area contributed by atoms with Crippen molar-refractivity contribution in [2.45, 2.75) is 19.3 Å². The van der Waals surface area contributed by atoms with Crippen molar-refractivity contribution < 1.29 is 0 Å². The smallest absolute Gasteiger partial charge is 0.160 e. The van der Waals surface area contributed by atoms with Gasteiger partial charge in [-0.25, -0.2) is 0 Å². The maximum Gasteiger partial charge on any atom is 0.160 e. The third kappa shape index (κ3) is 3.19. The maximum atomic E-state index is 4.24. The molecule has 1 saturated heterocycles. The van der Waals surface area contributed by atoms with Crippen LogP contribution >= 0.6 is 11.8 Å². The summed E-state index contributed by atoms with van der Waals surface area (Å²) in [5.41, 5.74) is 2.46. The van der Waals surface area contributed by atoms with Crippen molar-refractivity contribution in [3.63, 3.8) is 0 Å². The molecule has 0 unspecified atom stereocenters. The minimum Gasteiger partial charge on any atom is -0.370 e. The van der Waals surface area contributed by atoms with E-state index in [1.54, 1.807) is 11.8 Å². The number of thioether (sulfide) groups is 1. The average molecular weight is 263 g/mol. The van der Waals surface area contributed by atoms with Gasteiger partial charge in [0, 0.05) is 20.1 Å². The first-order valence-corrected chi connectivity index (χ1v) is 7.69. The Morgan fingerprint density at radius 1 is 1.22 bits per heavy atom. The van der Waals surface area contributed by atoms with Gasteiger partial charge in [0.25, 0.3) is 0 Å². The van der Waals surface area contributed by atoms with Crippen molar-refractivity contribution in [3.8, 4) is 0 Å². The molecular weight excluding hydrogens is 242 g/mol. The van der Waals surface area contributed by atoms with E-state index < -0.39 is 0 Å². The molecule has 18 heavy (non-hydrogen) atoms. The standard InChI is InChI=1S/C14H21N3S/c1-15-14(18-2)16-12-8-4-5-9-13(12)17-10-6-3-7-11-17/h4-5,8-9H,3,6-7,10-11H2,1-2H3,(H,15,16). The van der Waals surface area contributed by atoms with Crippen LogP contribution in [0.2, 0.25) is 0 Å². The molecule has 4 heteroatoms. The molecular formula is C14H21N3S. The van der Waals surface area contributed by atoms with Crippen molar-refractivity contribution in [3.05, 3.63) is 24.3 Å². The quantitative estimate of drug-likeness (QED) is 0.654. The zero-order valence-corrected chi connectivity index (χ0v) is 12.0. The van der Waals surface area contributed by atoms with Crippen molar-refractivity contribution in [2.24, 2.45) is 4.99 Å². The van der Waals surface area contributed by atoms with Crippen LogP contribution in [0.3, 0.4) is 0 Å². The van der Waals surface area contributed by atoms with Crippen LogP contribution in [0.1, 0.15) is 19.3 Å². The number of aliphatic imine (C=N–C) groups is 1. The third-order valence-corrected chi connectivity index (χ3v) is 3.91. The fourth-order valence-corrected chi connectivity index (χ4v) is 2.70. The molecule has 1 aliphatic heterocycles. The minimum atomic E-state index is 0.958. The van der Waals surface area contributed by atoms with E-state index in [9.17, 15) is 0 Å². The molecule has 0 atom stereocenters. The van der Waals surface area contributed by atoms with Crippen LogP contribution in [0.4, 0.5) is 11.4 Å². The highest BCUT2D eigenvalue weighted by molar-refractivity contribution is 8.13. The van der Waals surface area contributed by atoms with E-state index in [1.807, 2.05) is 13.3 Å². The van der Waals surface area contributed by atoms with Gasteiger partial charge in [0.05, 0.1) is 11.4 Å². The summed E-state index contributed by atoms with van der Waals surface area (Å²) >= 11 is 1.64. The summed E-state index contributed by atoms with van der Waals surface area (Å²) in [6, 6.07) is 8.51. The van der Waals surface area contributed by atoms with E-state index in [4.69, 9.17) is 0 Å². The molecule has 3 nitrogen and oxygen atoms in total. The number of rotatable bonds is 2. The summed E-state index contributed by atoms with van der Waals surface area (Å²) in [5.74, 6) is 0. The van der Waals surface area contributed by atoms with Gasteiger partial charge in [0.2, 0.25) is 0 Å². The minimum absolute atomic E-state index is 0.958. The first-order valence-electron chi connectivity index (χ1n) is 6.47. The molecule has 1 heterocycles. The number of nitrogens with one attached hydrogen (secondary N) is 1. The van der Waals surface area contributed by atoms with Gasteiger partial charge >= 0.3 is 0 Å². The van der Waals surface area contributed by atoms with E-state index in [0.29, 0.717) is 0 Å². The van der Waals surface area contributed by atoms with E-state index in [2.05, 4.69) is 39.5 Å². The highest BCUT2D eigenvalue weighted by Gasteiger charge is 2.14. The van der Waals surface area contributed by atoms with E-state index in [0.717, 1.165) is 23.9 Å². The lowest BCUT2D eigenvalue weighted by Crippen LogP contribution is -2.30. The molecule has 0 amide bonds. The monoisotopic (exact) mass is 263 g/mol. The highest BCUT2D eigenvalue weighted by atomic mass is 32.2. The lowest BCUT2D eigenvalue weighted by atomic mass is 10.1. The van der Waals surface area contributed by atoms with Gasteiger partial charge in [0.15, 0.2) is 5.17 Å². The average Bonchev–Trinajstić information content (AvgIpc) is 2.46. The SMILES string of the molecule is CN=C(Nc1ccccc1N1CCCCC1)SC. The molecule has 98 valence electrons. The summed E-state index contributed by atoms with van der Waals surface area (Å²) in [6.45, 7) is 2.33. The largest absolute Gasteiger partial charge is 0.370 e. The molecule has 1 fully saturated rings. The number of anilines is 2. The number of benzene rings is 1. The van der Waals surface area contributed by atoms with Gasteiger partial charge in [-0.2, -0.15) is 0 Å². The number of hydrogen-bond donors (Lipinski definition) is 1. The molecule has 0 spiro atoms. The second-order valence-electron chi connectivity index (χ2n) is 4.42. The number of hydrogen-bond acceptors (Lipinski definition) is 3. The fourth-order valence-electron chi connectivity index (χ4n) is 2.30. The van der Waals surface area contributed by atoms with Crippen LogP contribution in [-0.2, 0) is 0 Å². The van der Waals surface area contributed by atoms with E-state index in [1.165, 1.54) is 24.9 Å². The zero-order valence-electron chi connectivity index (χ0n) is 11.1. The molecule has 0 saturated carbocycles. The fraction of sp³-hybridized carbons (Fsp3) is 0.500. The first-order chi connectivity index (χ1) is 8.85. The molecule has 2 rings (SSSR count). The summed E-state index contributed by atoms with van der Waals surface area (Å²) < 4.78 is 0. The van der Waals surface area contributed by atoms with Crippen LogP contribution in [0.25, 0.3) is 0 Å². The molecule has 1 aromatic rings.